The first-order chi connectivity index (χ1) is 4.66. The number of allylic oxidation sites excluding steroid dienone is 4. The largest absolute Gasteiger partial charge is 1.00 e. The molecule has 0 unspecified atom stereocenters. The van der Waals surface area contributed by atoms with E-state index in [1.165, 1.54) is 5.57 Å². The smallest absolute Gasteiger partial charge is 1.00 e. The molecule has 0 saturated heterocycles. The van der Waals surface area contributed by atoms with E-state index >= 15 is 0 Å². The molecule has 0 aromatic carbocycles. The van der Waals surface area contributed by atoms with Crippen molar-refractivity contribution in [1.82, 2.24) is 0 Å². The van der Waals surface area contributed by atoms with Gasteiger partial charge in [-0.05, 0) is 26.7 Å². The van der Waals surface area contributed by atoms with Gasteiger partial charge in [0.2, 0.25) is 0 Å². The summed E-state index contributed by atoms with van der Waals surface area (Å²) in [5, 5.41) is 0. The van der Waals surface area contributed by atoms with Gasteiger partial charge in [-0.3, -0.25) is 0 Å². The molecule has 0 aliphatic carbocycles. The maximum atomic E-state index is 3.82. The van der Waals surface area contributed by atoms with Crippen molar-refractivity contribution in [1.29, 1.82) is 0 Å². The molecule has 1 heteroatoms. The first-order valence-corrected chi connectivity index (χ1v) is 3.60. The van der Waals surface area contributed by atoms with Gasteiger partial charge in [0.25, 0.3) is 0 Å². The van der Waals surface area contributed by atoms with Crippen LogP contribution in [0.1, 0.15) is 28.1 Å². The first-order valence-electron chi connectivity index (χ1n) is 3.60. The van der Waals surface area contributed by atoms with Crippen LogP contribution >= 0.6 is 0 Å². The van der Waals surface area contributed by atoms with Gasteiger partial charge in [-0.25, -0.2) is 0 Å². The summed E-state index contributed by atoms with van der Waals surface area (Å²) in [5.74, 6) is 0. The predicted molar refractivity (Wildman–Crippen MR) is 49.1 cm³/mol. The summed E-state index contributed by atoms with van der Waals surface area (Å²) in [6.45, 7) is 11.7. The Labute approximate surface area is 93.9 Å². The van der Waals surface area contributed by atoms with Crippen LogP contribution in [-0.2, 0) is 0 Å². The minimum Gasteiger partial charge on any atom is -1.00 e. The normalized spacial score (nSPS) is 7.82. The van der Waals surface area contributed by atoms with E-state index in [2.05, 4.69) is 33.1 Å². The van der Waals surface area contributed by atoms with Crippen molar-refractivity contribution in [2.45, 2.75) is 26.7 Å². The minimum absolute atomic E-state index is 0. The molecule has 11 heavy (non-hydrogen) atoms. The van der Waals surface area contributed by atoms with Crippen molar-refractivity contribution in [2.24, 2.45) is 0 Å². The molecule has 0 atom stereocenters. The van der Waals surface area contributed by atoms with Crippen molar-refractivity contribution in [2.75, 3.05) is 0 Å². The monoisotopic (exact) mass is 160 g/mol. The fourth-order valence-corrected chi connectivity index (χ4v) is 0.648. The van der Waals surface area contributed by atoms with Crippen LogP contribution in [0, 0.1) is 0 Å². The molecular weight excluding hydrogens is 143 g/mol. The molecule has 0 spiro atoms. The fraction of sp³-hybridized carbons (Fsp3) is 0.400. The number of hydrogen-bond donors (Lipinski definition) is 0. The quantitative estimate of drug-likeness (QED) is 0.321. The molecule has 0 aliphatic rings. The zero-order valence-electron chi connectivity index (χ0n) is 8.98. The van der Waals surface area contributed by atoms with Gasteiger partial charge in [-0.15, -0.1) is 0 Å². The Balaban J connectivity index is -0.000000405. The van der Waals surface area contributed by atoms with Crippen LogP contribution in [0.15, 0.2) is 36.5 Å². The molecule has 0 radical (unpaired) electrons. The standard InChI is InChI=1S/C10H16.Na.H/c1-5-10(4)8-6-7-9(2)3;;/h5,7H,1,4,6,8H2,2-3H3;;/q;+1;-1. The van der Waals surface area contributed by atoms with Gasteiger partial charge in [-0.1, -0.05) is 36.5 Å². The zero-order valence-corrected chi connectivity index (χ0v) is 9.98. The van der Waals surface area contributed by atoms with Gasteiger partial charge in [0, 0.05) is 0 Å². The van der Waals surface area contributed by atoms with Crippen LogP contribution in [0.5, 0.6) is 0 Å². The van der Waals surface area contributed by atoms with Crippen LogP contribution in [0.2, 0.25) is 0 Å². The number of rotatable bonds is 4. The molecule has 0 nitrogen and oxygen atoms in total. The Morgan fingerprint density at radius 3 is 2.36 bits per heavy atom. The van der Waals surface area contributed by atoms with E-state index in [0.717, 1.165) is 18.4 Å². The van der Waals surface area contributed by atoms with Crippen LogP contribution in [-0.4, -0.2) is 0 Å². The van der Waals surface area contributed by atoms with Gasteiger partial charge in [0.1, 0.15) is 0 Å². The second-order valence-electron chi connectivity index (χ2n) is 2.68. The van der Waals surface area contributed by atoms with E-state index < -0.39 is 0 Å². The molecule has 0 aromatic heterocycles. The topological polar surface area (TPSA) is 0 Å². The number of hydrogen-bond acceptors (Lipinski definition) is 0. The van der Waals surface area contributed by atoms with Crippen molar-refractivity contribution >= 4 is 0 Å². The third-order valence-corrected chi connectivity index (χ3v) is 1.31. The molecule has 0 N–H and O–H groups in total. The van der Waals surface area contributed by atoms with E-state index in [4.69, 9.17) is 0 Å². The summed E-state index contributed by atoms with van der Waals surface area (Å²) < 4.78 is 0. The average Bonchev–Trinajstić information content (AvgIpc) is 1.87. The van der Waals surface area contributed by atoms with E-state index in [9.17, 15) is 0 Å². The van der Waals surface area contributed by atoms with E-state index in [0.29, 0.717) is 0 Å². The molecule has 58 valence electrons. The van der Waals surface area contributed by atoms with Crippen molar-refractivity contribution in [3.63, 3.8) is 0 Å². The summed E-state index contributed by atoms with van der Waals surface area (Å²) in [7, 11) is 0. The first kappa shape index (κ1) is 13.8. The zero-order chi connectivity index (χ0) is 7.98. The molecule has 0 saturated carbocycles. The van der Waals surface area contributed by atoms with Gasteiger partial charge >= 0.3 is 29.6 Å². The van der Waals surface area contributed by atoms with Gasteiger partial charge in [0.15, 0.2) is 0 Å². The Bertz CT molecular complexity index is 155. The SMILES string of the molecule is C=CC(=C)CCC=C(C)C.[H-].[Na+]. The maximum Gasteiger partial charge on any atom is 1.00 e. The fourth-order valence-electron chi connectivity index (χ4n) is 0.648. The van der Waals surface area contributed by atoms with E-state index in [-0.39, 0.29) is 31.0 Å². The third kappa shape index (κ3) is 10.2. The molecular formula is C10H17Na. The van der Waals surface area contributed by atoms with Gasteiger partial charge in [-0.2, -0.15) is 0 Å². The Kier molecular flexibility index (Phi) is 10.4. The summed E-state index contributed by atoms with van der Waals surface area (Å²) >= 11 is 0. The van der Waals surface area contributed by atoms with Crippen LogP contribution < -0.4 is 29.6 Å². The minimum atomic E-state index is 0. The summed E-state index contributed by atoms with van der Waals surface area (Å²) in [5.41, 5.74) is 2.49. The van der Waals surface area contributed by atoms with Crippen molar-refractivity contribution in [3.8, 4) is 0 Å². The van der Waals surface area contributed by atoms with Crippen LogP contribution in [0.4, 0.5) is 0 Å². The Morgan fingerprint density at radius 1 is 1.45 bits per heavy atom. The molecule has 0 rings (SSSR count). The van der Waals surface area contributed by atoms with E-state index in [1.807, 2.05) is 6.08 Å². The molecule has 0 fully saturated rings. The van der Waals surface area contributed by atoms with Gasteiger partial charge < -0.3 is 1.43 Å². The van der Waals surface area contributed by atoms with Gasteiger partial charge in [0.05, 0.1) is 0 Å². The molecule has 0 amide bonds. The maximum absolute atomic E-state index is 3.82. The predicted octanol–water partition coefficient (Wildman–Crippen LogP) is 0.591. The molecule has 0 aromatic rings. The molecule has 0 bridgehead atoms. The third-order valence-electron chi connectivity index (χ3n) is 1.31. The Morgan fingerprint density at radius 2 is 2.00 bits per heavy atom. The molecule has 0 heterocycles. The van der Waals surface area contributed by atoms with Crippen LogP contribution in [0.25, 0.3) is 0 Å². The van der Waals surface area contributed by atoms with E-state index in [1.54, 1.807) is 0 Å². The summed E-state index contributed by atoms with van der Waals surface area (Å²) in [6, 6.07) is 0. The van der Waals surface area contributed by atoms with Crippen molar-refractivity contribution in [3.05, 3.63) is 36.5 Å². The average molecular weight is 160 g/mol. The molecule has 0 aliphatic heterocycles. The second-order valence-corrected chi connectivity index (χ2v) is 2.68. The summed E-state index contributed by atoms with van der Waals surface area (Å²) in [6.07, 6.45) is 6.16. The Hall–Kier alpha value is 0.220. The van der Waals surface area contributed by atoms with Crippen LogP contribution in [0.3, 0.4) is 0 Å². The summed E-state index contributed by atoms with van der Waals surface area (Å²) in [4.78, 5) is 0. The van der Waals surface area contributed by atoms with Crippen molar-refractivity contribution < 1.29 is 31.0 Å². The second kappa shape index (κ2) is 8.32.